The highest BCUT2D eigenvalue weighted by Gasteiger charge is 2.28. The molecule has 0 aromatic heterocycles. The molecule has 19 heavy (non-hydrogen) atoms. The normalized spacial score (nSPS) is 20.4. The van der Waals surface area contributed by atoms with E-state index in [1.807, 2.05) is 6.92 Å². The van der Waals surface area contributed by atoms with Gasteiger partial charge in [0, 0.05) is 19.1 Å². The Balaban J connectivity index is 0.00000324. The van der Waals surface area contributed by atoms with Crippen LogP contribution in [0.1, 0.15) is 39.5 Å². The van der Waals surface area contributed by atoms with Crippen molar-refractivity contribution in [3.8, 4) is 0 Å². The van der Waals surface area contributed by atoms with Gasteiger partial charge in [-0.05, 0) is 26.2 Å². The second kappa shape index (κ2) is 9.15. The molecule has 2 atom stereocenters. The van der Waals surface area contributed by atoms with Crippen LogP contribution in [-0.2, 0) is 9.59 Å². The standard InChI is InChI=1S/C13H25N3O2.ClH/c1-3-5-10(2)15-13(18)11-6-4-7-16(9-11)12(17)8-14;/h10-11H,3-9,14H2,1-2H3,(H,15,18);1H. The van der Waals surface area contributed by atoms with Crippen molar-refractivity contribution in [1.82, 2.24) is 10.2 Å². The van der Waals surface area contributed by atoms with E-state index in [1.165, 1.54) is 0 Å². The molecule has 0 spiro atoms. The molecule has 0 aromatic rings. The highest BCUT2D eigenvalue weighted by atomic mass is 35.5. The van der Waals surface area contributed by atoms with Gasteiger partial charge in [0.15, 0.2) is 0 Å². The van der Waals surface area contributed by atoms with Gasteiger partial charge in [0.2, 0.25) is 11.8 Å². The van der Waals surface area contributed by atoms with E-state index in [4.69, 9.17) is 5.73 Å². The lowest BCUT2D eigenvalue weighted by Crippen LogP contribution is -2.48. The van der Waals surface area contributed by atoms with Gasteiger partial charge in [-0.2, -0.15) is 0 Å². The van der Waals surface area contributed by atoms with Crippen LogP contribution < -0.4 is 11.1 Å². The predicted octanol–water partition coefficient (Wildman–Crippen LogP) is 0.910. The van der Waals surface area contributed by atoms with Crippen LogP contribution >= 0.6 is 12.4 Å². The number of halogens is 1. The largest absolute Gasteiger partial charge is 0.353 e. The molecule has 0 bridgehead atoms. The molecule has 5 nitrogen and oxygen atoms in total. The van der Waals surface area contributed by atoms with E-state index in [9.17, 15) is 9.59 Å². The first-order valence-electron chi connectivity index (χ1n) is 6.86. The van der Waals surface area contributed by atoms with E-state index in [2.05, 4.69) is 12.2 Å². The Morgan fingerprint density at radius 2 is 2.16 bits per heavy atom. The van der Waals surface area contributed by atoms with Crippen LogP contribution in [0.25, 0.3) is 0 Å². The Labute approximate surface area is 121 Å². The number of hydrogen-bond donors (Lipinski definition) is 2. The lowest BCUT2D eigenvalue weighted by atomic mass is 9.96. The van der Waals surface area contributed by atoms with Crippen LogP contribution in [-0.4, -0.2) is 42.4 Å². The van der Waals surface area contributed by atoms with E-state index in [1.54, 1.807) is 4.90 Å². The molecule has 3 N–H and O–H groups in total. The van der Waals surface area contributed by atoms with Crippen LogP contribution in [0.4, 0.5) is 0 Å². The van der Waals surface area contributed by atoms with Crippen molar-refractivity contribution in [2.24, 2.45) is 11.7 Å². The molecule has 1 aliphatic rings. The average Bonchev–Trinajstić information content (AvgIpc) is 2.38. The van der Waals surface area contributed by atoms with Crippen molar-refractivity contribution in [1.29, 1.82) is 0 Å². The lowest BCUT2D eigenvalue weighted by molar-refractivity contribution is -0.134. The number of amides is 2. The number of piperidine rings is 1. The monoisotopic (exact) mass is 291 g/mol. The molecule has 0 radical (unpaired) electrons. The van der Waals surface area contributed by atoms with Crippen LogP contribution in [0.2, 0.25) is 0 Å². The maximum absolute atomic E-state index is 12.1. The van der Waals surface area contributed by atoms with Gasteiger partial charge in [0.05, 0.1) is 12.5 Å². The number of carbonyl (C=O) groups excluding carboxylic acids is 2. The third-order valence-corrected chi connectivity index (χ3v) is 3.43. The Morgan fingerprint density at radius 3 is 2.74 bits per heavy atom. The Morgan fingerprint density at radius 1 is 1.47 bits per heavy atom. The Kier molecular flexibility index (Phi) is 8.76. The summed E-state index contributed by atoms with van der Waals surface area (Å²) < 4.78 is 0. The second-order valence-electron chi connectivity index (χ2n) is 5.08. The molecule has 2 unspecified atom stereocenters. The molecule has 1 heterocycles. The lowest BCUT2D eigenvalue weighted by Gasteiger charge is -2.32. The molecular formula is C13H26ClN3O2. The fourth-order valence-electron chi connectivity index (χ4n) is 2.41. The molecule has 1 fully saturated rings. The minimum absolute atomic E-state index is 0. The summed E-state index contributed by atoms with van der Waals surface area (Å²) in [6.45, 7) is 5.39. The third-order valence-electron chi connectivity index (χ3n) is 3.43. The van der Waals surface area contributed by atoms with Crippen LogP contribution in [0.15, 0.2) is 0 Å². The number of nitrogens with zero attached hydrogens (tertiary/aromatic N) is 1. The first-order chi connectivity index (χ1) is 8.58. The molecule has 2 amide bonds. The fourth-order valence-corrected chi connectivity index (χ4v) is 2.41. The topological polar surface area (TPSA) is 75.4 Å². The number of rotatable bonds is 5. The van der Waals surface area contributed by atoms with Crippen LogP contribution in [0.5, 0.6) is 0 Å². The molecule has 1 rings (SSSR count). The van der Waals surface area contributed by atoms with Crippen LogP contribution in [0, 0.1) is 5.92 Å². The highest BCUT2D eigenvalue weighted by molar-refractivity contribution is 5.85. The first-order valence-corrected chi connectivity index (χ1v) is 6.86. The van der Waals surface area contributed by atoms with Crippen molar-refractivity contribution >= 4 is 24.2 Å². The molecule has 1 saturated heterocycles. The van der Waals surface area contributed by atoms with Gasteiger partial charge >= 0.3 is 0 Å². The molecule has 112 valence electrons. The Hall–Kier alpha value is -0.810. The smallest absolute Gasteiger partial charge is 0.236 e. The zero-order valence-electron chi connectivity index (χ0n) is 11.9. The van der Waals surface area contributed by atoms with Gasteiger partial charge in [-0.3, -0.25) is 9.59 Å². The summed E-state index contributed by atoms with van der Waals surface area (Å²) in [6.07, 6.45) is 3.79. The minimum atomic E-state index is -0.0754. The zero-order valence-corrected chi connectivity index (χ0v) is 12.7. The maximum atomic E-state index is 12.1. The van der Waals surface area contributed by atoms with Crippen molar-refractivity contribution in [2.45, 2.75) is 45.6 Å². The van der Waals surface area contributed by atoms with E-state index >= 15 is 0 Å². The van der Waals surface area contributed by atoms with E-state index < -0.39 is 0 Å². The first kappa shape index (κ1) is 18.2. The van der Waals surface area contributed by atoms with Gasteiger partial charge in [0.1, 0.15) is 0 Å². The van der Waals surface area contributed by atoms with Gasteiger partial charge in [-0.1, -0.05) is 13.3 Å². The summed E-state index contributed by atoms with van der Waals surface area (Å²) in [6, 6.07) is 0.211. The van der Waals surface area contributed by atoms with Crippen molar-refractivity contribution in [2.75, 3.05) is 19.6 Å². The Bertz CT molecular complexity index is 300. The van der Waals surface area contributed by atoms with Crippen molar-refractivity contribution in [3.05, 3.63) is 0 Å². The number of hydrogen-bond acceptors (Lipinski definition) is 3. The SMILES string of the molecule is CCCC(C)NC(=O)C1CCCN(C(=O)CN)C1.Cl. The maximum Gasteiger partial charge on any atom is 0.236 e. The zero-order chi connectivity index (χ0) is 13.5. The van der Waals surface area contributed by atoms with E-state index in [0.717, 1.165) is 32.2 Å². The summed E-state index contributed by atoms with van der Waals surface area (Å²) >= 11 is 0. The van der Waals surface area contributed by atoms with E-state index in [0.29, 0.717) is 6.54 Å². The second-order valence-corrected chi connectivity index (χ2v) is 5.08. The molecular weight excluding hydrogens is 266 g/mol. The van der Waals surface area contributed by atoms with Crippen molar-refractivity contribution in [3.63, 3.8) is 0 Å². The summed E-state index contributed by atoms with van der Waals surface area (Å²) in [5.41, 5.74) is 5.35. The number of nitrogens with one attached hydrogen (secondary N) is 1. The summed E-state index contributed by atoms with van der Waals surface area (Å²) in [7, 11) is 0. The number of likely N-dealkylation sites (tertiary alicyclic amines) is 1. The molecule has 1 aliphatic heterocycles. The summed E-state index contributed by atoms with van der Waals surface area (Å²) in [5, 5.41) is 3.02. The average molecular weight is 292 g/mol. The predicted molar refractivity (Wildman–Crippen MR) is 78.1 cm³/mol. The number of nitrogens with two attached hydrogens (primary N) is 1. The molecule has 6 heteroatoms. The van der Waals surface area contributed by atoms with Gasteiger partial charge in [0.25, 0.3) is 0 Å². The molecule has 0 aromatic carbocycles. The summed E-state index contributed by atoms with van der Waals surface area (Å²) in [4.78, 5) is 25.3. The van der Waals surface area contributed by atoms with Gasteiger partial charge < -0.3 is 16.0 Å². The number of carbonyl (C=O) groups is 2. The molecule has 0 saturated carbocycles. The van der Waals surface area contributed by atoms with Gasteiger partial charge in [-0.15, -0.1) is 12.4 Å². The minimum Gasteiger partial charge on any atom is -0.353 e. The third kappa shape index (κ3) is 5.78. The quantitative estimate of drug-likeness (QED) is 0.790. The van der Waals surface area contributed by atoms with Crippen LogP contribution in [0.3, 0.4) is 0 Å². The fraction of sp³-hybridized carbons (Fsp3) is 0.846. The van der Waals surface area contributed by atoms with E-state index in [-0.39, 0.29) is 42.7 Å². The van der Waals surface area contributed by atoms with Gasteiger partial charge in [-0.25, -0.2) is 0 Å². The molecule has 0 aliphatic carbocycles. The highest BCUT2D eigenvalue weighted by Crippen LogP contribution is 2.17. The summed E-state index contributed by atoms with van der Waals surface area (Å²) in [5.74, 6) is -0.0619. The van der Waals surface area contributed by atoms with Crippen molar-refractivity contribution < 1.29 is 9.59 Å².